The summed E-state index contributed by atoms with van der Waals surface area (Å²) in [6, 6.07) is 8.45. The third-order valence-corrected chi connectivity index (χ3v) is 5.36. The summed E-state index contributed by atoms with van der Waals surface area (Å²) in [4.78, 5) is 12.2. The zero-order valence-corrected chi connectivity index (χ0v) is 15.2. The van der Waals surface area contributed by atoms with Crippen molar-refractivity contribution in [1.82, 2.24) is 15.5 Å². The second-order valence-electron chi connectivity index (χ2n) is 5.58. The molecule has 2 rings (SSSR count). The van der Waals surface area contributed by atoms with Gasteiger partial charge in [0.05, 0.1) is 11.8 Å². The number of hydrogen-bond donors (Lipinski definition) is 2. The first-order valence-electron chi connectivity index (χ1n) is 7.59. The fraction of sp³-hybridized carbons (Fsp3) is 0.438. The highest BCUT2D eigenvalue weighted by atomic mass is 32.2. The second-order valence-corrected chi connectivity index (χ2v) is 7.81. The van der Waals surface area contributed by atoms with Crippen molar-refractivity contribution in [3.63, 3.8) is 0 Å². The first-order chi connectivity index (χ1) is 11.0. The van der Waals surface area contributed by atoms with Gasteiger partial charge in [-0.3, -0.25) is 4.79 Å². The lowest BCUT2D eigenvalue weighted by Crippen LogP contribution is -2.33. The van der Waals surface area contributed by atoms with E-state index < -0.39 is 0 Å². The molecule has 0 aliphatic rings. The van der Waals surface area contributed by atoms with Crippen molar-refractivity contribution in [2.75, 3.05) is 11.5 Å². The van der Waals surface area contributed by atoms with Gasteiger partial charge in [0.15, 0.2) is 4.34 Å². The van der Waals surface area contributed by atoms with E-state index in [2.05, 4.69) is 60.6 Å². The maximum absolute atomic E-state index is 12.2. The summed E-state index contributed by atoms with van der Waals surface area (Å²) in [5, 5.41) is 11.2. The number of nitrogen functional groups attached to an aromatic ring is 1. The van der Waals surface area contributed by atoms with E-state index in [1.54, 1.807) is 0 Å². The summed E-state index contributed by atoms with van der Waals surface area (Å²) in [7, 11) is 0. The van der Waals surface area contributed by atoms with Gasteiger partial charge in [0, 0.05) is 0 Å². The maximum atomic E-state index is 12.2. The van der Waals surface area contributed by atoms with Crippen molar-refractivity contribution in [1.29, 1.82) is 0 Å². The van der Waals surface area contributed by atoms with Crippen molar-refractivity contribution in [2.45, 2.75) is 37.6 Å². The first kappa shape index (κ1) is 17.7. The number of aromatic nitrogens is 2. The molecule has 0 saturated carbocycles. The van der Waals surface area contributed by atoms with Crippen LogP contribution in [-0.4, -0.2) is 21.9 Å². The van der Waals surface area contributed by atoms with E-state index in [1.165, 1.54) is 28.7 Å². The van der Waals surface area contributed by atoms with Crippen molar-refractivity contribution in [3.8, 4) is 0 Å². The van der Waals surface area contributed by atoms with Crippen LogP contribution in [0.15, 0.2) is 28.6 Å². The van der Waals surface area contributed by atoms with Crippen LogP contribution >= 0.6 is 23.1 Å². The second kappa shape index (κ2) is 8.31. The van der Waals surface area contributed by atoms with Gasteiger partial charge in [-0.1, -0.05) is 68.1 Å². The van der Waals surface area contributed by atoms with Crippen LogP contribution in [-0.2, 0) is 11.2 Å². The van der Waals surface area contributed by atoms with Gasteiger partial charge in [-0.25, -0.2) is 0 Å². The van der Waals surface area contributed by atoms with Gasteiger partial charge in [0.2, 0.25) is 11.0 Å². The number of nitrogens with zero attached hydrogens (tertiary/aromatic N) is 2. The molecule has 1 heterocycles. The minimum atomic E-state index is -0.0120. The Labute approximate surface area is 145 Å². The number of nitrogens with two attached hydrogens (primary N) is 1. The van der Waals surface area contributed by atoms with Gasteiger partial charge >= 0.3 is 0 Å². The average molecular weight is 351 g/mol. The third kappa shape index (κ3) is 5.21. The average Bonchev–Trinajstić information content (AvgIpc) is 2.96. The summed E-state index contributed by atoms with van der Waals surface area (Å²) in [6.07, 6.45) is 1.01. The number of thioether (sulfide) groups is 1. The highest BCUT2D eigenvalue weighted by Gasteiger charge is 2.18. The summed E-state index contributed by atoms with van der Waals surface area (Å²) in [5.74, 6) is 0.612. The Hall–Kier alpha value is -1.60. The Bertz CT molecular complexity index is 640. The van der Waals surface area contributed by atoms with E-state index in [0.717, 1.165) is 12.0 Å². The SMILES string of the molecule is CCc1ccc([C@@H](NC(=O)CSc2nnc(N)s2)C(C)C)cc1. The van der Waals surface area contributed by atoms with E-state index in [9.17, 15) is 4.79 Å². The number of rotatable bonds is 7. The Balaban J connectivity index is 1.96. The number of hydrogen-bond acceptors (Lipinski definition) is 6. The summed E-state index contributed by atoms with van der Waals surface area (Å²) < 4.78 is 0.714. The Morgan fingerprint density at radius 3 is 2.52 bits per heavy atom. The normalized spacial score (nSPS) is 12.3. The molecule has 5 nitrogen and oxygen atoms in total. The Morgan fingerprint density at radius 2 is 2.00 bits per heavy atom. The molecule has 1 amide bonds. The molecule has 0 spiro atoms. The van der Waals surface area contributed by atoms with Gasteiger partial charge < -0.3 is 11.1 Å². The van der Waals surface area contributed by atoms with E-state index in [4.69, 9.17) is 5.73 Å². The number of carbonyl (C=O) groups excluding carboxylic acids is 1. The predicted molar refractivity (Wildman–Crippen MR) is 96.6 cm³/mol. The lowest BCUT2D eigenvalue weighted by molar-refractivity contribution is -0.119. The molecule has 2 aromatic rings. The zero-order chi connectivity index (χ0) is 16.8. The summed E-state index contributed by atoms with van der Waals surface area (Å²) in [5.41, 5.74) is 7.97. The molecular weight excluding hydrogens is 328 g/mol. The summed E-state index contributed by atoms with van der Waals surface area (Å²) in [6.45, 7) is 6.35. The molecule has 1 atom stereocenters. The van der Waals surface area contributed by atoms with Crippen molar-refractivity contribution >= 4 is 34.1 Å². The first-order valence-corrected chi connectivity index (χ1v) is 9.39. The molecule has 0 saturated heterocycles. The molecule has 0 bridgehead atoms. The molecule has 1 aromatic carbocycles. The minimum absolute atomic E-state index is 0.00787. The van der Waals surface area contributed by atoms with Crippen LogP contribution in [0.2, 0.25) is 0 Å². The Kier molecular flexibility index (Phi) is 6.41. The largest absolute Gasteiger partial charge is 0.374 e. The van der Waals surface area contributed by atoms with Gasteiger partial charge in [-0.05, 0) is 23.5 Å². The molecule has 3 N–H and O–H groups in total. The highest BCUT2D eigenvalue weighted by molar-refractivity contribution is 8.01. The van der Waals surface area contributed by atoms with Crippen LogP contribution in [0.4, 0.5) is 5.13 Å². The topological polar surface area (TPSA) is 80.9 Å². The number of aryl methyl sites for hydroxylation is 1. The van der Waals surface area contributed by atoms with Crippen LogP contribution in [0.3, 0.4) is 0 Å². The molecule has 0 aliphatic carbocycles. The standard InChI is InChI=1S/C16H22N4OS2/c1-4-11-5-7-12(8-6-11)14(10(2)3)18-13(21)9-22-16-20-19-15(17)23-16/h5-8,10,14H,4,9H2,1-3H3,(H2,17,19)(H,18,21)/t14-/m0/s1. The fourth-order valence-electron chi connectivity index (χ4n) is 2.22. The molecule has 0 radical (unpaired) electrons. The Morgan fingerprint density at radius 1 is 1.30 bits per heavy atom. The van der Waals surface area contributed by atoms with Gasteiger partial charge in [-0.2, -0.15) is 0 Å². The number of carbonyl (C=O) groups is 1. The summed E-state index contributed by atoms with van der Waals surface area (Å²) >= 11 is 2.65. The zero-order valence-electron chi connectivity index (χ0n) is 13.6. The smallest absolute Gasteiger partial charge is 0.230 e. The monoisotopic (exact) mass is 350 g/mol. The van der Waals surface area contributed by atoms with Crippen LogP contribution in [0.1, 0.15) is 37.9 Å². The fourth-order valence-corrected chi connectivity index (χ4v) is 3.66. The van der Waals surface area contributed by atoms with E-state index in [0.29, 0.717) is 21.1 Å². The molecular formula is C16H22N4OS2. The van der Waals surface area contributed by atoms with E-state index >= 15 is 0 Å². The van der Waals surface area contributed by atoms with E-state index in [1.807, 2.05) is 0 Å². The van der Waals surface area contributed by atoms with Crippen LogP contribution < -0.4 is 11.1 Å². The number of nitrogens with one attached hydrogen (secondary N) is 1. The number of benzene rings is 1. The van der Waals surface area contributed by atoms with Gasteiger partial charge in [0.1, 0.15) is 0 Å². The molecule has 0 fully saturated rings. The van der Waals surface area contributed by atoms with Crippen LogP contribution in [0.25, 0.3) is 0 Å². The quantitative estimate of drug-likeness (QED) is 0.749. The van der Waals surface area contributed by atoms with Crippen LogP contribution in [0.5, 0.6) is 0 Å². The van der Waals surface area contributed by atoms with Gasteiger partial charge in [0.25, 0.3) is 0 Å². The van der Waals surface area contributed by atoms with Crippen molar-refractivity contribution in [3.05, 3.63) is 35.4 Å². The molecule has 1 aromatic heterocycles. The third-order valence-electron chi connectivity index (χ3n) is 3.48. The molecule has 0 unspecified atom stereocenters. The number of amides is 1. The molecule has 23 heavy (non-hydrogen) atoms. The molecule has 7 heteroatoms. The molecule has 124 valence electrons. The molecule has 0 aliphatic heterocycles. The predicted octanol–water partition coefficient (Wildman–Crippen LogP) is 3.29. The number of anilines is 1. The van der Waals surface area contributed by atoms with Crippen molar-refractivity contribution in [2.24, 2.45) is 5.92 Å². The highest BCUT2D eigenvalue weighted by Crippen LogP contribution is 2.25. The lowest BCUT2D eigenvalue weighted by Gasteiger charge is -2.23. The lowest BCUT2D eigenvalue weighted by atomic mass is 9.95. The minimum Gasteiger partial charge on any atom is -0.374 e. The van der Waals surface area contributed by atoms with Crippen molar-refractivity contribution < 1.29 is 4.79 Å². The van der Waals surface area contributed by atoms with Gasteiger partial charge in [-0.15, -0.1) is 10.2 Å². The van der Waals surface area contributed by atoms with E-state index in [-0.39, 0.29) is 11.9 Å². The maximum Gasteiger partial charge on any atom is 0.230 e. The van der Waals surface area contributed by atoms with Crippen LogP contribution in [0, 0.1) is 5.92 Å².